The van der Waals surface area contributed by atoms with Crippen LogP contribution in [0.25, 0.3) is 10.8 Å². The molecule has 20 heavy (non-hydrogen) atoms. The molecule has 0 spiro atoms. The summed E-state index contributed by atoms with van der Waals surface area (Å²) in [5.74, 6) is 5.54. The number of hydrazine groups is 1. The highest BCUT2D eigenvalue weighted by Crippen LogP contribution is 2.31. The van der Waals surface area contributed by atoms with Crippen LogP contribution in [-0.4, -0.2) is 0 Å². The lowest BCUT2D eigenvalue weighted by molar-refractivity contribution is 0.334. The van der Waals surface area contributed by atoms with Crippen LogP contribution in [0, 0.1) is 11.2 Å². The van der Waals surface area contributed by atoms with Crippen LogP contribution < -0.4 is 11.3 Å². The number of nitrogens with one attached hydrogen (secondary N) is 1. The number of benzene rings is 2. The molecule has 0 fully saturated rings. The maximum atomic E-state index is 13.9. The van der Waals surface area contributed by atoms with Gasteiger partial charge in [-0.05, 0) is 35.3 Å². The summed E-state index contributed by atoms with van der Waals surface area (Å²) in [6.07, 6.45) is 1.98. The average Bonchev–Trinajstić information content (AvgIpc) is 2.41. The first-order valence-corrected chi connectivity index (χ1v) is 7.05. The molecular weight excluding hydrogens is 251 g/mol. The fraction of sp³-hybridized carbons (Fsp3) is 0.412. The van der Waals surface area contributed by atoms with Crippen molar-refractivity contribution in [3.05, 3.63) is 47.8 Å². The molecule has 0 heterocycles. The minimum Gasteiger partial charge on any atom is -0.271 e. The quantitative estimate of drug-likeness (QED) is 0.644. The van der Waals surface area contributed by atoms with E-state index in [2.05, 4.69) is 26.2 Å². The molecule has 0 amide bonds. The van der Waals surface area contributed by atoms with E-state index in [4.69, 9.17) is 5.84 Å². The van der Waals surface area contributed by atoms with Gasteiger partial charge in [0.05, 0.1) is 0 Å². The van der Waals surface area contributed by atoms with Crippen LogP contribution >= 0.6 is 0 Å². The molecule has 0 saturated heterocycles. The minimum atomic E-state index is -0.184. The Morgan fingerprint density at radius 1 is 1.10 bits per heavy atom. The van der Waals surface area contributed by atoms with Crippen molar-refractivity contribution in [2.45, 2.75) is 39.7 Å². The van der Waals surface area contributed by atoms with E-state index in [0.717, 1.165) is 23.8 Å². The summed E-state index contributed by atoms with van der Waals surface area (Å²) < 4.78 is 13.9. The molecule has 2 nitrogen and oxygen atoms in total. The Labute approximate surface area is 120 Å². The monoisotopic (exact) mass is 274 g/mol. The number of hydrogen-bond acceptors (Lipinski definition) is 2. The molecule has 0 aromatic heterocycles. The topological polar surface area (TPSA) is 38.0 Å². The lowest BCUT2D eigenvalue weighted by Crippen LogP contribution is -2.29. The Balaban J connectivity index is 2.37. The van der Waals surface area contributed by atoms with Gasteiger partial charge in [-0.15, -0.1) is 0 Å². The summed E-state index contributed by atoms with van der Waals surface area (Å²) in [7, 11) is 0. The standard InChI is InChI=1S/C17H23FN2/c1-17(2,3)11-10-16(20-19)14-8-9-15(18)13-7-5-4-6-12(13)14/h4-9,16,20H,10-11,19H2,1-3H3. The SMILES string of the molecule is CC(C)(C)CCC(NN)c1ccc(F)c2ccccc12. The molecule has 2 aromatic carbocycles. The Morgan fingerprint density at radius 2 is 1.75 bits per heavy atom. The zero-order valence-corrected chi connectivity index (χ0v) is 12.4. The van der Waals surface area contributed by atoms with E-state index >= 15 is 0 Å². The summed E-state index contributed by atoms with van der Waals surface area (Å²) in [4.78, 5) is 0. The van der Waals surface area contributed by atoms with E-state index in [1.54, 1.807) is 0 Å². The van der Waals surface area contributed by atoms with E-state index in [-0.39, 0.29) is 17.3 Å². The molecule has 1 unspecified atom stereocenters. The lowest BCUT2D eigenvalue weighted by Gasteiger charge is -2.24. The third-order valence-electron chi connectivity index (χ3n) is 3.66. The van der Waals surface area contributed by atoms with Gasteiger partial charge in [0.1, 0.15) is 5.82 Å². The molecule has 0 aliphatic heterocycles. The molecule has 108 valence electrons. The predicted octanol–water partition coefficient (Wildman–Crippen LogP) is 4.31. The molecule has 0 aliphatic rings. The first-order chi connectivity index (χ1) is 9.42. The van der Waals surface area contributed by atoms with Gasteiger partial charge < -0.3 is 0 Å². The highest BCUT2D eigenvalue weighted by atomic mass is 19.1. The third kappa shape index (κ3) is 3.35. The molecule has 1 atom stereocenters. The van der Waals surface area contributed by atoms with E-state index in [1.807, 2.05) is 30.3 Å². The smallest absolute Gasteiger partial charge is 0.131 e. The Bertz CT molecular complexity index is 587. The first kappa shape index (κ1) is 14.9. The second-order valence-electron chi connectivity index (χ2n) is 6.50. The fourth-order valence-electron chi connectivity index (χ4n) is 2.50. The summed E-state index contributed by atoms with van der Waals surface area (Å²) in [5.41, 5.74) is 4.20. The Kier molecular flexibility index (Phi) is 4.41. The number of halogens is 1. The first-order valence-electron chi connectivity index (χ1n) is 7.05. The second kappa shape index (κ2) is 5.90. The molecule has 0 saturated carbocycles. The number of hydrogen-bond donors (Lipinski definition) is 2. The van der Waals surface area contributed by atoms with Crippen molar-refractivity contribution in [3.8, 4) is 0 Å². The van der Waals surface area contributed by atoms with Crippen LogP contribution in [0.3, 0.4) is 0 Å². The molecule has 0 aliphatic carbocycles. The molecule has 0 radical (unpaired) electrons. The average molecular weight is 274 g/mol. The van der Waals surface area contributed by atoms with Gasteiger partial charge in [-0.1, -0.05) is 51.1 Å². The van der Waals surface area contributed by atoms with Crippen LogP contribution in [0.5, 0.6) is 0 Å². The van der Waals surface area contributed by atoms with Gasteiger partial charge in [-0.2, -0.15) is 0 Å². The van der Waals surface area contributed by atoms with Crippen molar-refractivity contribution < 1.29 is 4.39 Å². The third-order valence-corrected chi connectivity index (χ3v) is 3.66. The lowest BCUT2D eigenvalue weighted by atomic mass is 9.86. The van der Waals surface area contributed by atoms with Crippen LogP contribution in [0.2, 0.25) is 0 Å². The van der Waals surface area contributed by atoms with Crippen molar-refractivity contribution in [2.24, 2.45) is 11.3 Å². The number of nitrogens with two attached hydrogens (primary N) is 1. The van der Waals surface area contributed by atoms with Gasteiger partial charge in [0.15, 0.2) is 0 Å². The molecule has 2 aromatic rings. The van der Waals surface area contributed by atoms with Crippen molar-refractivity contribution in [2.75, 3.05) is 0 Å². The molecule has 3 heteroatoms. The second-order valence-corrected chi connectivity index (χ2v) is 6.50. The van der Waals surface area contributed by atoms with Crippen molar-refractivity contribution in [1.29, 1.82) is 0 Å². The zero-order valence-electron chi connectivity index (χ0n) is 12.4. The number of rotatable bonds is 4. The van der Waals surface area contributed by atoms with E-state index in [9.17, 15) is 4.39 Å². The summed E-state index contributed by atoms with van der Waals surface area (Å²) >= 11 is 0. The van der Waals surface area contributed by atoms with Crippen molar-refractivity contribution >= 4 is 10.8 Å². The normalized spacial score (nSPS) is 13.7. The summed E-state index contributed by atoms with van der Waals surface area (Å²) in [5, 5.41) is 1.59. The largest absolute Gasteiger partial charge is 0.271 e. The fourth-order valence-corrected chi connectivity index (χ4v) is 2.50. The molecule has 2 rings (SSSR count). The summed E-state index contributed by atoms with van der Waals surface area (Å²) in [6.45, 7) is 6.63. The van der Waals surface area contributed by atoms with Crippen molar-refractivity contribution in [1.82, 2.24) is 5.43 Å². The number of fused-ring (bicyclic) bond motifs is 1. The van der Waals surface area contributed by atoms with Crippen molar-refractivity contribution in [3.63, 3.8) is 0 Å². The maximum Gasteiger partial charge on any atom is 0.131 e. The van der Waals surface area contributed by atoms with E-state index in [0.29, 0.717) is 5.39 Å². The van der Waals surface area contributed by atoms with Gasteiger partial charge in [0.2, 0.25) is 0 Å². The van der Waals surface area contributed by atoms with Crippen LogP contribution in [0.15, 0.2) is 36.4 Å². The summed E-state index contributed by atoms with van der Waals surface area (Å²) in [6, 6.07) is 11.0. The molecule has 3 N–H and O–H groups in total. The van der Waals surface area contributed by atoms with Crippen LogP contribution in [-0.2, 0) is 0 Å². The van der Waals surface area contributed by atoms with E-state index in [1.165, 1.54) is 6.07 Å². The van der Waals surface area contributed by atoms with E-state index < -0.39 is 0 Å². The molecular formula is C17H23FN2. The highest BCUT2D eigenvalue weighted by molar-refractivity contribution is 5.86. The van der Waals surface area contributed by atoms with Crippen LogP contribution in [0.4, 0.5) is 4.39 Å². The van der Waals surface area contributed by atoms with Gasteiger partial charge in [0, 0.05) is 11.4 Å². The van der Waals surface area contributed by atoms with Gasteiger partial charge in [0.25, 0.3) is 0 Å². The molecule has 0 bridgehead atoms. The highest BCUT2D eigenvalue weighted by Gasteiger charge is 2.18. The Hall–Kier alpha value is -1.45. The van der Waals surface area contributed by atoms with Crippen LogP contribution in [0.1, 0.15) is 45.2 Å². The predicted molar refractivity (Wildman–Crippen MR) is 82.7 cm³/mol. The van der Waals surface area contributed by atoms with Gasteiger partial charge >= 0.3 is 0 Å². The van der Waals surface area contributed by atoms with Gasteiger partial charge in [-0.3, -0.25) is 11.3 Å². The zero-order chi connectivity index (χ0) is 14.8. The Morgan fingerprint density at radius 3 is 2.35 bits per heavy atom. The minimum absolute atomic E-state index is 0.0414. The maximum absolute atomic E-state index is 13.9. The van der Waals surface area contributed by atoms with Gasteiger partial charge in [-0.25, -0.2) is 4.39 Å².